The molecule has 1 spiro atoms. The molecule has 31 heavy (non-hydrogen) atoms. The van der Waals surface area contributed by atoms with Gasteiger partial charge in [0.15, 0.2) is 0 Å². The second-order valence-electron chi connectivity index (χ2n) is 8.22. The standard InChI is InChI=1S/C29H17BrS/c30-26-15-7-14-24-28(26)31-27-19-9-2-1-8-18(19)16-17-25(27)29(24)22-12-5-3-10-20(22)21-11-4-6-13-23(21)29/h1-17H. The van der Waals surface area contributed by atoms with Gasteiger partial charge in [0.25, 0.3) is 0 Å². The highest BCUT2D eigenvalue weighted by atomic mass is 79.9. The Hall–Kier alpha value is -2.81. The van der Waals surface area contributed by atoms with Gasteiger partial charge in [-0.3, -0.25) is 0 Å². The Balaban J connectivity index is 1.74. The van der Waals surface area contributed by atoms with Crippen LogP contribution in [-0.4, -0.2) is 0 Å². The summed E-state index contributed by atoms with van der Waals surface area (Å²) in [7, 11) is 0. The third-order valence-electron chi connectivity index (χ3n) is 6.81. The zero-order chi connectivity index (χ0) is 20.6. The van der Waals surface area contributed by atoms with E-state index in [-0.39, 0.29) is 5.41 Å². The van der Waals surface area contributed by atoms with Gasteiger partial charge in [0.1, 0.15) is 0 Å². The molecular formula is C29H17BrS. The molecule has 5 aromatic carbocycles. The van der Waals surface area contributed by atoms with E-state index in [9.17, 15) is 0 Å². The first-order chi connectivity index (χ1) is 15.3. The Bertz CT molecular complexity index is 1490. The first-order valence-electron chi connectivity index (χ1n) is 10.5. The van der Waals surface area contributed by atoms with E-state index in [1.54, 1.807) is 0 Å². The van der Waals surface area contributed by atoms with Crippen LogP contribution in [0, 0.1) is 0 Å². The molecule has 0 bridgehead atoms. The second-order valence-corrected chi connectivity index (χ2v) is 10.1. The third-order valence-corrected chi connectivity index (χ3v) is 9.02. The van der Waals surface area contributed by atoms with Gasteiger partial charge < -0.3 is 0 Å². The van der Waals surface area contributed by atoms with Crippen LogP contribution in [0.1, 0.15) is 22.3 Å². The Morgan fingerprint density at radius 3 is 1.90 bits per heavy atom. The normalized spacial score (nSPS) is 14.7. The van der Waals surface area contributed by atoms with Crippen molar-refractivity contribution < 1.29 is 0 Å². The summed E-state index contributed by atoms with van der Waals surface area (Å²) < 4.78 is 1.16. The molecule has 0 amide bonds. The maximum atomic E-state index is 3.89. The number of hydrogen-bond acceptors (Lipinski definition) is 1. The number of benzene rings is 5. The van der Waals surface area contributed by atoms with Crippen LogP contribution >= 0.6 is 27.7 Å². The summed E-state index contributed by atoms with van der Waals surface area (Å²) in [6.45, 7) is 0. The van der Waals surface area contributed by atoms with Gasteiger partial charge in [0.05, 0.1) is 5.41 Å². The molecular weight excluding hydrogens is 460 g/mol. The Labute approximate surface area is 194 Å². The van der Waals surface area contributed by atoms with Gasteiger partial charge in [-0.15, -0.1) is 0 Å². The van der Waals surface area contributed by atoms with Gasteiger partial charge in [-0.2, -0.15) is 0 Å². The molecule has 146 valence electrons. The molecule has 0 saturated carbocycles. The summed E-state index contributed by atoms with van der Waals surface area (Å²) in [6.07, 6.45) is 0. The van der Waals surface area contributed by atoms with E-state index in [1.165, 1.54) is 53.9 Å². The lowest BCUT2D eigenvalue weighted by molar-refractivity contribution is 0.724. The predicted octanol–water partition coefficient (Wildman–Crippen LogP) is 8.43. The third kappa shape index (κ3) is 2.17. The second kappa shape index (κ2) is 6.35. The first kappa shape index (κ1) is 17.8. The van der Waals surface area contributed by atoms with Crippen LogP contribution in [0.2, 0.25) is 0 Å². The van der Waals surface area contributed by atoms with E-state index in [0.717, 1.165) is 4.47 Å². The minimum Gasteiger partial charge on any atom is -0.0876 e. The van der Waals surface area contributed by atoms with E-state index < -0.39 is 0 Å². The van der Waals surface area contributed by atoms with Crippen molar-refractivity contribution in [3.05, 3.63) is 130 Å². The van der Waals surface area contributed by atoms with Gasteiger partial charge in [-0.05, 0) is 66.1 Å². The Morgan fingerprint density at radius 1 is 0.516 bits per heavy atom. The van der Waals surface area contributed by atoms with E-state index >= 15 is 0 Å². The van der Waals surface area contributed by atoms with Crippen molar-refractivity contribution in [1.82, 2.24) is 0 Å². The van der Waals surface area contributed by atoms with E-state index in [0.29, 0.717) is 0 Å². The van der Waals surface area contributed by atoms with E-state index in [4.69, 9.17) is 0 Å². The summed E-state index contributed by atoms with van der Waals surface area (Å²) in [5.74, 6) is 0. The molecule has 2 heteroatoms. The molecule has 2 aliphatic rings. The number of hydrogen-bond donors (Lipinski definition) is 0. The summed E-state index contributed by atoms with van der Waals surface area (Å²) in [5, 5.41) is 2.62. The van der Waals surface area contributed by atoms with Crippen molar-refractivity contribution in [2.45, 2.75) is 15.2 Å². The van der Waals surface area contributed by atoms with Crippen LogP contribution in [0.25, 0.3) is 21.9 Å². The van der Waals surface area contributed by atoms with Crippen LogP contribution < -0.4 is 0 Å². The molecule has 1 aliphatic carbocycles. The SMILES string of the molecule is Brc1cccc2c1Sc1c(ccc3ccccc13)C21c2ccccc2-c2ccccc21. The molecule has 0 fully saturated rings. The average molecular weight is 477 g/mol. The van der Waals surface area contributed by atoms with Gasteiger partial charge in [-0.25, -0.2) is 0 Å². The summed E-state index contributed by atoms with van der Waals surface area (Å²) >= 11 is 5.79. The number of fused-ring (bicyclic) bond motifs is 11. The highest BCUT2D eigenvalue weighted by Crippen LogP contribution is 2.63. The lowest BCUT2D eigenvalue weighted by Gasteiger charge is -2.40. The largest absolute Gasteiger partial charge is 0.0876 e. The molecule has 0 N–H and O–H groups in total. The van der Waals surface area contributed by atoms with Crippen LogP contribution in [0.5, 0.6) is 0 Å². The van der Waals surface area contributed by atoms with Gasteiger partial charge in [-0.1, -0.05) is 109 Å². The quantitative estimate of drug-likeness (QED) is 0.211. The number of rotatable bonds is 0. The average Bonchev–Trinajstić information content (AvgIpc) is 3.11. The summed E-state index contributed by atoms with van der Waals surface area (Å²) in [4.78, 5) is 2.68. The van der Waals surface area contributed by atoms with Gasteiger partial charge in [0, 0.05) is 14.3 Å². The molecule has 0 saturated heterocycles. The smallest absolute Gasteiger partial charge is 0.0736 e. The van der Waals surface area contributed by atoms with Crippen LogP contribution in [0.15, 0.2) is 117 Å². The maximum Gasteiger partial charge on any atom is 0.0736 e. The molecule has 1 aliphatic heterocycles. The van der Waals surface area contributed by atoms with Crippen molar-refractivity contribution in [3.8, 4) is 11.1 Å². The van der Waals surface area contributed by atoms with Crippen molar-refractivity contribution in [2.24, 2.45) is 0 Å². The van der Waals surface area contributed by atoms with Gasteiger partial charge >= 0.3 is 0 Å². The molecule has 0 atom stereocenters. The monoisotopic (exact) mass is 476 g/mol. The minimum absolute atomic E-state index is 0.309. The predicted molar refractivity (Wildman–Crippen MR) is 133 cm³/mol. The molecule has 0 aromatic heterocycles. The molecule has 0 nitrogen and oxygen atoms in total. The number of halogens is 1. The molecule has 0 radical (unpaired) electrons. The fraction of sp³-hybridized carbons (Fsp3) is 0.0345. The van der Waals surface area contributed by atoms with Crippen molar-refractivity contribution in [1.29, 1.82) is 0 Å². The van der Waals surface area contributed by atoms with Gasteiger partial charge in [0.2, 0.25) is 0 Å². The fourth-order valence-electron chi connectivity index (χ4n) is 5.62. The van der Waals surface area contributed by atoms with Crippen molar-refractivity contribution in [3.63, 3.8) is 0 Å². The zero-order valence-electron chi connectivity index (χ0n) is 16.6. The Morgan fingerprint density at radius 2 is 1.13 bits per heavy atom. The topological polar surface area (TPSA) is 0 Å². The molecule has 7 rings (SSSR count). The lowest BCUT2D eigenvalue weighted by Crippen LogP contribution is -2.32. The minimum atomic E-state index is -0.309. The molecule has 0 unspecified atom stereocenters. The summed E-state index contributed by atoms with van der Waals surface area (Å²) in [6, 6.07) is 38.0. The van der Waals surface area contributed by atoms with Crippen LogP contribution in [-0.2, 0) is 5.41 Å². The van der Waals surface area contributed by atoms with Crippen molar-refractivity contribution >= 4 is 38.5 Å². The maximum absolute atomic E-state index is 3.89. The fourth-order valence-corrected chi connectivity index (χ4v) is 7.56. The van der Waals surface area contributed by atoms with Crippen LogP contribution in [0.4, 0.5) is 0 Å². The Kier molecular flexibility index (Phi) is 3.65. The van der Waals surface area contributed by atoms with E-state index in [2.05, 4.69) is 119 Å². The van der Waals surface area contributed by atoms with Crippen LogP contribution in [0.3, 0.4) is 0 Å². The molecule has 1 heterocycles. The lowest BCUT2D eigenvalue weighted by atomic mass is 9.67. The zero-order valence-corrected chi connectivity index (χ0v) is 19.0. The molecule has 5 aromatic rings. The summed E-state index contributed by atoms with van der Waals surface area (Å²) in [5.41, 5.74) is 7.90. The van der Waals surface area contributed by atoms with Crippen molar-refractivity contribution in [2.75, 3.05) is 0 Å². The first-order valence-corrected chi connectivity index (χ1v) is 12.1. The van der Waals surface area contributed by atoms with E-state index in [1.807, 2.05) is 11.8 Å². The highest BCUT2D eigenvalue weighted by molar-refractivity contribution is 9.10. The highest BCUT2D eigenvalue weighted by Gasteiger charge is 2.50.